The Labute approximate surface area is 112 Å². The Bertz CT molecular complexity index is 412. The van der Waals surface area contributed by atoms with E-state index in [1.165, 1.54) is 0 Å². The molecular weight excluding hydrogens is 311 g/mol. The Morgan fingerprint density at radius 1 is 1.28 bits per heavy atom. The van der Waals surface area contributed by atoms with E-state index in [4.69, 9.17) is 0 Å². The highest BCUT2D eigenvalue weighted by Gasteiger charge is 2.62. The molecule has 1 saturated heterocycles. The Balaban J connectivity index is 1.95. The van der Waals surface area contributed by atoms with Gasteiger partial charge in [-0.3, -0.25) is 4.90 Å². The van der Waals surface area contributed by atoms with Crippen LogP contribution in [0.25, 0.3) is 0 Å². The fourth-order valence-electron chi connectivity index (χ4n) is 2.06. The van der Waals surface area contributed by atoms with Crippen molar-refractivity contribution in [3.63, 3.8) is 0 Å². The molecule has 0 atom stereocenters. The molecule has 6 heteroatoms. The maximum atomic E-state index is 12.8. The third-order valence-electron chi connectivity index (χ3n) is 3.18. The molecule has 0 radical (unpaired) electrons. The van der Waals surface area contributed by atoms with E-state index >= 15 is 0 Å². The fraction of sp³-hybridized carbons (Fsp3) is 0.500. The van der Waals surface area contributed by atoms with Crippen molar-refractivity contribution >= 4 is 15.9 Å². The van der Waals surface area contributed by atoms with Gasteiger partial charge in [0.2, 0.25) is 0 Å². The third-order valence-corrected chi connectivity index (χ3v) is 3.71. The third kappa shape index (κ3) is 2.55. The number of halogens is 4. The average Bonchev–Trinajstić information content (AvgIpc) is 2.23. The van der Waals surface area contributed by atoms with E-state index in [1.54, 1.807) is 4.90 Å². The van der Waals surface area contributed by atoms with Crippen molar-refractivity contribution in [2.45, 2.75) is 18.3 Å². The van der Waals surface area contributed by atoms with E-state index in [1.807, 2.05) is 24.3 Å². The number of ether oxygens (including phenoxy) is 1. The van der Waals surface area contributed by atoms with Gasteiger partial charge in [-0.05, 0) is 17.7 Å². The van der Waals surface area contributed by atoms with Crippen molar-refractivity contribution in [3.05, 3.63) is 34.3 Å². The second-order valence-electron chi connectivity index (χ2n) is 4.47. The molecule has 0 unspecified atom stereocenters. The zero-order valence-electron chi connectivity index (χ0n) is 9.80. The maximum Gasteiger partial charge on any atom is 0.419 e. The van der Waals surface area contributed by atoms with Crippen molar-refractivity contribution < 1.29 is 17.9 Å². The van der Waals surface area contributed by atoms with Crippen LogP contribution in [0.4, 0.5) is 13.2 Å². The molecule has 0 amide bonds. The fourth-order valence-corrected chi connectivity index (χ4v) is 2.32. The molecule has 1 aromatic carbocycles. The van der Waals surface area contributed by atoms with E-state index in [2.05, 4.69) is 20.7 Å². The van der Waals surface area contributed by atoms with Gasteiger partial charge in [0.25, 0.3) is 0 Å². The van der Waals surface area contributed by atoms with Crippen LogP contribution in [0, 0.1) is 0 Å². The van der Waals surface area contributed by atoms with E-state index < -0.39 is 11.8 Å². The molecule has 0 spiro atoms. The van der Waals surface area contributed by atoms with E-state index in [0.717, 1.165) is 17.1 Å². The molecule has 1 aromatic rings. The second kappa shape index (κ2) is 4.83. The summed E-state index contributed by atoms with van der Waals surface area (Å²) in [6.45, 7) is 0.292. The number of likely N-dealkylation sites (tertiary alicyclic amines) is 1. The SMILES string of the molecule is COC1(C(F)(F)F)CN(Cc2ccc(Br)cc2)C1. The summed E-state index contributed by atoms with van der Waals surface area (Å²) < 4.78 is 43.9. The second-order valence-corrected chi connectivity index (χ2v) is 5.38. The van der Waals surface area contributed by atoms with Gasteiger partial charge in [0, 0.05) is 31.2 Å². The molecule has 0 N–H and O–H groups in total. The largest absolute Gasteiger partial charge is 0.419 e. The van der Waals surface area contributed by atoms with Crippen molar-refractivity contribution in [2.75, 3.05) is 20.2 Å². The summed E-state index contributed by atoms with van der Waals surface area (Å²) in [5, 5.41) is 0. The number of nitrogens with zero attached hydrogens (tertiary/aromatic N) is 1. The Hall–Kier alpha value is -0.590. The van der Waals surface area contributed by atoms with Crippen LogP contribution in [0.5, 0.6) is 0 Å². The Kier molecular flexibility index (Phi) is 3.71. The summed E-state index contributed by atoms with van der Waals surface area (Å²) in [6.07, 6.45) is -4.31. The lowest BCUT2D eigenvalue weighted by Gasteiger charge is -2.49. The molecule has 0 aliphatic carbocycles. The van der Waals surface area contributed by atoms with Gasteiger partial charge in [-0.2, -0.15) is 13.2 Å². The molecule has 2 nitrogen and oxygen atoms in total. The molecule has 0 bridgehead atoms. The number of alkyl halides is 3. The van der Waals surface area contributed by atoms with Gasteiger partial charge >= 0.3 is 6.18 Å². The molecule has 1 aliphatic heterocycles. The number of benzene rings is 1. The molecule has 1 fully saturated rings. The van der Waals surface area contributed by atoms with Gasteiger partial charge < -0.3 is 4.74 Å². The zero-order chi connectivity index (χ0) is 13.4. The summed E-state index contributed by atoms with van der Waals surface area (Å²) >= 11 is 3.32. The van der Waals surface area contributed by atoms with Crippen LogP contribution in [0.3, 0.4) is 0 Å². The van der Waals surface area contributed by atoms with Crippen LogP contribution in [-0.2, 0) is 11.3 Å². The highest BCUT2D eigenvalue weighted by Crippen LogP contribution is 2.40. The average molecular weight is 324 g/mol. The normalized spacial score (nSPS) is 19.6. The van der Waals surface area contributed by atoms with Gasteiger partial charge in [-0.15, -0.1) is 0 Å². The Morgan fingerprint density at radius 3 is 2.28 bits per heavy atom. The van der Waals surface area contributed by atoms with Crippen molar-refractivity contribution in [1.29, 1.82) is 0 Å². The molecule has 1 heterocycles. The standard InChI is InChI=1S/C12H13BrF3NO/c1-18-11(12(14,15)16)7-17(8-11)6-9-2-4-10(13)5-3-9/h2-5H,6-8H2,1H3. The zero-order valence-corrected chi connectivity index (χ0v) is 11.4. The smallest absolute Gasteiger partial charge is 0.366 e. The minimum atomic E-state index is -4.31. The van der Waals surface area contributed by atoms with Gasteiger partial charge in [-0.25, -0.2) is 0 Å². The van der Waals surface area contributed by atoms with Crippen molar-refractivity contribution in [3.8, 4) is 0 Å². The lowest BCUT2D eigenvalue weighted by Crippen LogP contribution is -2.69. The number of hydrogen-bond acceptors (Lipinski definition) is 2. The minimum absolute atomic E-state index is 0.108. The van der Waals surface area contributed by atoms with Gasteiger partial charge in [0.1, 0.15) is 0 Å². The van der Waals surface area contributed by atoms with Crippen LogP contribution in [0.2, 0.25) is 0 Å². The van der Waals surface area contributed by atoms with Gasteiger partial charge in [0.15, 0.2) is 5.60 Å². The summed E-state index contributed by atoms with van der Waals surface area (Å²) in [5.41, 5.74) is -0.993. The first kappa shape index (κ1) is 13.8. The predicted octanol–water partition coefficient (Wildman–Crippen LogP) is 3.21. The van der Waals surface area contributed by atoms with E-state index in [9.17, 15) is 13.2 Å². The van der Waals surface area contributed by atoms with E-state index in [-0.39, 0.29) is 13.1 Å². The summed E-state index contributed by atoms with van der Waals surface area (Å²) in [7, 11) is 1.12. The summed E-state index contributed by atoms with van der Waals surface area (Å²) in [6, 6.07) is 7.54. The topological polar surface area (TPSA) is 12.5 Å². The predicted molar refractivity (Wildman–Crippen MR) is 65.2 cm³/mol. The first-order chi connectivity index (χ1) is 8.36. The van der Waals surface area contributed by atoms with Crippen LogP contribution >= 0.6 is 15.9 Å². The number of methoxy groups -OCH3 is 1. The lowest BCUT2D eigenvalue weighted by atomic mass is 9.92. The minimum Gasteiger partial charge on any atom is -0.366 e. The molecular formula is C12H13BrF3NO. The highest BCUT2D eigenvalue weighted by molar-refractivity contribution is 9.10. The van der Waals surface area contributed by atoms with E-state index in [0.29, 0.717) is 6.54 Å². The van der Waals surface area contributed by atoms with Crippen LogP contribution in [0.15, 0.2) is 28.7 Å². The van der Waals surface area contributed by atoms with Crippen LogP contribution in [0.1, 0.15) is 5.56 Å². The van der Waals surface area contributed by atoms with Crippen molar-refractivity contribution in [1.82, 2.24) is 4.90 Å². The maximum absolute atomic E-state index is 12.8. The number of hydrogen-bond donors (Lipinski definition) is 0. The highest BCUT2D eigenvalue weighted by atomic mass is 79.9. The molecule has 2 rings (SSSR count). The summed E-state index contributed by atoms with van der Waals surface area (Å²) in [5.74, 6) is 0. The molecule has 100 valence electrons. The first-order valence-corrected chi connectivity index (χ1v) is 6.24. The van der Waals surface area contributed by atoms with Gasteiger partial charge in [-0.1, -0.05) is 28.1 Å². The summed E-state index contributed by atoms with van der Waals surface area (Å²) in [4.78, 5) is 1.72. The monoisotopic (exact) mass is 323 g/mol. The molecule has 0 saturated carbocycles. The van der Waals surface area contributed by atoms with Crippen LogP contribution in [-0.4, -0.2) is 36.9 Å². The lowest BCUT2D eigenvalue weighted by molar-refractivity contribution is -0.312. The molecule has 0 aromatic heterocycles. The van der Waals surface area contributed by atoms with Gasteiger partial charge in [0.05, 0.1) is 0 Å². The Morgan fingerprint density at radius 2 is 1.83 bits per heavy atom. The van der Waals surface area contributed by atoms with Crippen molar-refractivity contribution in [2.24, 2.45) is 0 Å². The quantitative estimate of drug-likeness (QED) is 0.847. The molecule has 18 heavy (non-hydrogen) atoms. The molecule has 1 aliphatic rings. The number of rotatable bonds is 3. The first-order valence-electron chi connectivity index (χ1n) is 5.45. The van der Waals surface area contributed by atoms with Crippen LogP contribution < -0.4 is 0 Å².